The third-order valence-electron chi connectivity index (χ3n) is 3.66. The summed E-state index contributed by atoms with van der Waals surface area (Å²) in [4.78, 5) is 24.8. The summed E-state index contributed by atoms with van der Waals surface area (Å²) in [5, 5.41) is 6.23. The molecule has 0 saturated heterocycles. The summed E-state index contributed by atoms with van der Waals surface area (Å²) >= 11 is 11.9. The van der Waals surface area contributed by atoms with Gasteiger partial charge in [-0.15, -0.1) is 0 Å². The average molecular weight is 383 g/mol. The normalized spacial score (nSPS) is 12.0. The number of nitrogens with one attached hydrogen (secondary N) is 2. The van der Waals surface area contributed by atoms with E-state index in [2.05, 4.69) is 10.6 Å². The van der Waals surface area contributed by atoms with Crippen molar-refractivity contribution in [3.8, 4) is 0 Å². The van der Waals surface area contributed by atoms with E-state index in [4.69, 9.17) is 27.6 Å². The van der Waals surface area contributed by atoms with Gasteiger partial charge < -0.3 is 15.1 Å². The first-order valence-electron chi connectivity index (χ1n) is 7.94. The highest BCUT2D eigenvalue weighted by atomic mass is 35.5. The quantitative estimate of drug-likeness (QED) is 0.766. The lowest BCUT2D eigenvalue weighted by Crippen LogP contribution is -2.50. The van der Waals surface area contributed by atoms with Gasteiger partial charge in [0.2, 0.25) is 5.91 Å². The fourth-order valence-electron chi connectivity index (χ4n) is 2.30. The van der Waals surface area contributed by atoms with Gasteiger partial charge >= 0.3 is 0 Å². The molecule has 2 N–H and O–H groups in total. The molecule has 0 aliphatic carbocycles. The third kappa shape index (κ3) is 5.51. The Balaban J connectivity index is 1.96. The predicted molar refractivity (Wildman–Crippen MR) is 98.0 cm³/mol. The number of benzene rings is 1. The summed E-state index contributed by atoms with van der Waals surface area (Å²) in [6.07, 6.45) is 2.17. The van der Waals surface area contributed by atoms with Gasteiger partial charge in [0.25, 0.3) is 5.91 Å². The summed E-state index contributed by atoms with van der Waals surface area (Å²) in [6, 6.07) is 7.57. The van der Waals surface area contributed by atoms with Crippen molar-refractivity contribution >= 4 is 35.0 Å². The monoisotopic (exact) mass is 382 g/mol. The molecule has 7 heteroatoms. The van der Waals surface area contributed by atoms with Crippen molar-refractivity contribution < 1.29 is 14.0 Å². The van der Waals surface area contributed by atoms with Crippen LogP contribution in [0.2, 0.25) is 10.0 Å². The zero-order valence-corrected chi connectivity index (χ0v) is 15.5. The highest BCUT2D eigenvalue weighted by molar-refractivity contribution is 6.36. The number of hydrogen-bond donors (Lipinski definition) is 2. The third-order valence-corrected chi connectivity index (χ3v) is 4.21. The van der Waals surface area contributed by atoms with Gasteiger partial charge in [0.05, 0.1) is 16.8 Å². The van der Waals surface area contributed by atoms with Crippen LogP contribution < -0.4 is 10.6 Å². The molecular weight excluding hydrogens is 363 g/mol. The van der Waals surface area contributed by atoms with Gasteiger partial charge in [-0.3, -0.25) is 9.59 Å². The minimum absolute atomic E-state index is 0.0846. The van der Waals surface area contributed by atoms with Gasteiger partial charge in [0, 0.05) is 18.0 Å². The van der Waals surface area contributed by atoms with Crippen LogP contribution in [0.3, 0.4) is 0 Å². The largest absolute Gasteiger partial charge is 0.469 e. The molecule has 25 heavy (non-hydrogen) atoms. The topological polar surface area (TPSA) is 71.3 Å². The summed E-state index contributed by atoms with van der Waals surface area (Å²) in [5.41, 5.74) is 0.278. The lowest BCUT2D eigenvalue weighted by atomic mass is 10.0. The minimum atomic E-state index is -0.671. The maximum Gasteiger partial charge on any atom is 0.253 e. The predicted octanol–water partition coefficient (Wildman–Crippen LogP) is 3.70. The van der Waals surface area contributed by atoms with Crippen LogP contribution in [0.1, 0.15) is 30.0 Å². The van der Waals surface area contributed by atoms with Crippen molar-refractivity contribution in [2.45, 2.75) is 26.3 Å². The minimum Gasteiger partial charge on any atom is -0.469 e. The molecule has 5 nitrogen and oxygen atoms in total. The summed E-state index contributed by atoms with van der Waals surface area (Å²) in [5.74, 6) is 0.0403. The molecular formula is C18H20Cl2N2O3. The number of carbonyl (C=O) groups excluding carboxylic acids is 2. The lowest BCUT2D eigenvalue weighted by molar-refractivity contribution is -0.123. The Bertz CT molecular complexity index is 730. The zero-order valence-electron chi connectivity index (χ0n) is 14.0. The van der Waals surface area contributed by atoms with Crippen LogP contribution in [0.5, 0.6) is 0 Å². The SMILES string of the molecule is CC(C)[C@H](NC(=O)c1ccc(Cl)cc1Cl)C(=O)NCCc1ccco1. The van der Waals surface area contributed by atoms with Crippen molar-refractivity contribution in [1.82, 2.24) is 10.6 Å². The first kappa shape index (κ1) is 19.3. The van der Waals surface area contributed by atoms with Crippen LogP contribution in [0.25, 0.3) is 0 Å². The second-order valence-corrected chi connectivity index (χ2v) is 6.78. The van der Waals surface area contributed by atoms with Crippen molar-refractivity contribution in [1.29, 1.82) is 0 Å². The molecule has 1 aromatic heterocycles. The van der Waals surface area contributed by atoms with Gasteiger partial charge in [-0.1, -0.05) is 37.0 Å². The van der Waals surface area contributed by atoms with Gasteiger partial charge in [-0.25, -0.2) is 0 Å². The number of amides is 2. The molecule has 0 spiro atoms. The Morgan fingerprint density at radius 1 is 1.20 bits per heavy atom. The van der Waals surface area contributed by atoms with Gasteiger partial charge in [-0.05, 0) is 36.2 Å². The Hall–Kier alpha value is -1.98. The van der Waals surface area contributed by atoms with Gasteiger partial charge in [0.15, 0.2) is 0 Å². The van der Waals surface area contributed by atoms with E-state index < -0.39 is 11.9 Å². The number of furan rings is 1. The Morgan fingerprint density at radius 3 is 2.56 bits per heavy atom. The Labute approximate surface area is 156 Å². The van der Waals surface area contributed by atoms with Crippen molar-refractivity contribution in [3.63, 3.8) is 0 Å². The van der Waals surface area contributed by atoms with Crippen molar-refractivity contribution in [3.05, 3.63) is 58.0 Å². The van der Waals surface area contributed by atoms with E-state index in [1.807, 2.05) is 19.9 Å². The molecule has 0 unspecified atom stereocenters. The molecule has 1 heterocycles. The molecule has 0 aliphatic heterocycles. The van der Waals surface area contributed by atoms with Crippen LogP contribution in [-0.2, 0) is 11.2 Å². The molecule has 0 saturated carbocycles. The number of carbonyl (C=O) groups is 2. The van der Waals surface area contributed by atoms with Crippen LogP contribution in [0, 0.1) is 5.92 Å². The highest BCUT2D eigenvalue weighted by Gasteiger charge is 2.25. The number of hydrogen-bond acceptors (Lipinski definition) is 3. The van der Waals surface area contributed by atoms with E-state index in [-0.39, 0.29) is 22.4 Å². The summed E-state index contributed by atoms with van der Waals surface area (Å²) in [7, 11) is 0. The molecule has 2 amide bonds. The molecule has 0 fully saturated rings. The molecule has 1 aromatic carbocycles. The molecule has 134 valence electrons. The summed E-state index contributed by atoms with van der Waals surface area (Å²) < 4.78 is 5.22. The smallest absolute Gasteiger partial charge is 0.253 e. The van der Waals surface area contributed by atoms with Crippen molar-refractivity contribution in [2.75, 3.05) is 6.54 Å². The van der Waals surface area contributed by atoms with Crippen LogP contribution >= 0.6 is 23.2 Å². The average Bonchev–Trinajstić information content (AvgIpc) is 3.05. The fourth-order valence-corrected chi connectivity index (χ4v) is 2.80. The van der Waals surface area contributed by atoms with E-state index >= 15 is 0 Å². The molecule has 0 aliphatic rings. The molecule has 1 atom stereocenters. The first-order chi connectivity index (χ1) is 11.9. The Morgan fingerprint density at radius 2 is 1.96 bits per heavy atom. The second kappa shape index (κ2) is 8.92. The molecule has 0 radical (unpaired) electrons. The lowest BCUT2D eigenvalue weighted by Gasteiger charge is -2.22. The standard InChI is InChI=1S/C18H20Cl2N2O3/c1-11(2)16(18(24)21-8-7-13-4-3-9-25-13)22-17(23)14-6-5-12(19)10-15(14)20/h3-6,9-11,16H,7-8H2,1-2H3,(H,21,24)(H,22,23)/t16-/m0/s1. The van der Waals surface area contributed by atoms with E-state index in [9.17, 15) is 9.59 Å². The second-order valence-electron chi connectivity index (χ2n) is 5.94. The molecule has 0 bridgehead atoms. The van der Waals surface area contributed by atoms with Gasteiger partial charge in [0.1, 0.15) is 11.8 Å². The maximum absolute atomic E-state index is 12.4. The molecule has 2 rings (SSSR count). The van der Waals surface area contributed by atoms with E-state index in [1.54, 1.807) is 18.4 Å². The van der Waals surface area contributed by atoms with Gasteiger partial charge in [-0.2, -0.15) is 0 Å². The Kier molecular flexibility index (Phi) is 6.91. The first-order valence-corrected chi connectivity index (χ1v) is 8.70. The maximum atomic E-state index is 12.4. The zero-order chi connectivity index (χ0) is 18.4. The van der Waals surface area contributed by atoms with Crippen LogP contribution in [-0.4, -0.2) is 24.4 Å². The van der Waals surface area contributed by atoms with Crippen LogP contribution in [0.4, 0.5) is 0 Å². The number of halogens is 2. The van der Waals surface area contributed by atoms with Crippen LogP contribution in [0.15, 0.2) is 41.0 Å². The highest BCUT2D eigenvalue weighted by Crippen LogP contribution is 2.21. The number of rotatable bonds is 7. The van der Waals surface area contributed by atoms with E-state index in [1.165, 1.54) is 12.1 Å². The molecule has 2 aromatic rings. The van der Waals surface area contributed by atoms with E-state index in [0.717, 1.165) is 5.76 Å². The van der Waals surface area contributed by atoms with E-state index in [0.29, 0.717) is 18.0 Å². The summed E-state index contributed by atoms with van der Waals surface area (Å²) in [6.45, 7) is 4.15. The van der Waals surface area contributed by atoms with Crippen molar-refractivity contribution in [2.24, 2.45) is 5.92 Å². The fraction of sp³-hybridized carbons (Fsp3) is 0.333.